The summed E-state index contributed by atoms with van der Waals surface area (Å²) in [4.78, 5) is 3.78. The van der Waals surface area contributed by atoms with Crippen LogP contribution < -0.4 is 10.3 Å². The number of fused-ring (bicyclic) bond motifs is 2. The van der Waals surface area contributed by atoms with E-state index in [-0.39, 0.29) is 0 Å². The number of piperazine rings is 1. The van der Waals surface area contributed by atoms with Crippen molar-refractivity contribution in [3.05, 3.63) is 40.8 Å². The van der Waals surface area contributed by atoms with Crippen molar-refractivity contribution < 1.29 is 0 Å². The van der Waals surface area contributed by atoms with E-state index in [1.165, 1.54) is 26.8 Å². The van der Waals surface area contributed by atoms with Gasteiger partial charge in [0.15, 0.2) is 0 Å². The average Bonchev–Trinajstić information content (AvgIpc) is 2.82. The largest absolute Gasteiger partial charge is 0.379 e. The molecule has 4 rings (SSSR count). The highest BCUT2D eigenvalue weighted by atomic mass is 32.1. The number of hydrogen-bond donors (Lipinski definition) is 1. The van der Waals surface area contributed by atoms with E-state index in [0.717, 1.165) is 32.7 Å². The number of benzene rings is 1. The molecule has 0 unspecified atom stereocenters. The lowest BCUT2D eigenvalue weighted by molar-refractivity contribution is 0.155. The molecule has 4 nitrogen and oxygen atoms in total. The van der Waals surface area contributed by atoms with Crippen molar-refractivity contribution in [3.8, 4) is 0 Å². The number of hydrogen-bond acceptors (Lipinski definition) is 5. The van der Waals surface area contributed by atoms with E-state index in [9.17, 15) is 0 Å². The van der Waals surface area contributed by atoms with E-state index >= 15 is 0 Å². The van der Waals surface area contributed by atoms with Gasteiger partial charge in [-0.3, -0.25) is 5.01 Å². The lowest BCUT2D eigenvalue weighted by Crippen LogP contribution is -2.51. The van der Waals surface area contributed by atoms with Gasteiger partial charge in [0.2, 0.25) is 0 Å². The van der Waals surface area contributed by atoms with Gasteiger partial charge in [0.05, 0.1) is 11.4 Å². The number of para-hydroxylation sites is 2. The summed E-state index contributed by atoms with van der Waals surface area (Å²) in [5.74, 6) is 0. The molecule has 0 spiro atoms. The van der Waals surface area contributed by atoms with Gasteiger partial charge in [0.1, 0.15) is 5.00 Å². The Balaban J connectivity index is 1.80. The minimum absolute atomic E-state index is 0.904. The minimum atomic E-state index is 0.904. The van der Waals surface area contributed by atoms with Gasteiger partial charge >= 0.3 is 0 Å². The highest BCUT2D eigenvalue weighted by Gasteiger charge is 2.28. The quantitative estimate of drug-likeness (QED) is 0.872. The number of aryl methyl sites for hydroxylation is 1. The van der Waals surface area contributed by atoms with Crippen LogP contribution in [0.2, 0.25) is 0 Å². The van der Waals surface area contributed by atoms with Gasteiger partial charge in [0, 0.05) is 43.2 Å². The number of rotatable bonds is 1. The summed E-state index contributed by atoms with van der Waals surface area (Å²) in [7, 11) is 2.20. The topological polar surface area (TPSA) is 21.8 Å². The molecular formula is C17H22N4S. The molecule has 0 aliphatic carbocycles. The van der Waals surface area contributed by atoms with Crippen LogP contribution >= 0.6 is 11.3 Å². The van der Waals surface area contributed by atoms with Crippen LogP contribution in [0.15, 0.2) is 30.3 Å². The maximum atomic E-state index is 3.60. The summed E-state index contributed by atoms with van der Waals surface area (Å²) in [6, 6.07) is 11.0. The number of anilines is 3. The first kappa shape index (κ1) is 14.1. The molecule has 1 fully saturated rings. The first-order chi connectivity index (χ1) is 10.7. The molecule has 0 radical (unpaired) electrons. The van der Waals surface area contributed by atoms with Gasteiger partial charge in [-0.05, 0) is 32.2 Å². The van der Waals surface area contributed by atoms with Crippen LogP contribution in [0.3, 0.4) is 0 Å². The van der Waals surface area contributed by atoms with Crippen molar-refractivity contribution in [2.45, 2.75) is 13.5 Å². The van der Waals surface area contributed by atoms with Crippen LogP contribution in [0, 0.1) is 6.92 Å². The number of nitrogens with one attached hydrogen (secondary N) is 1. The monoisotopic (exact) mass is 314 g/mol. The molecule has 3 heterocycles. The van der Waals surface area contributed by atoms with Crippen LogP contribution in [-0.4, -0.2) is 43.1 Å². The Kier molecular flexibility index (Phi) is 3.56. The number of nitrogens with zero attached hydrogens (tertiary/aromatic N) is 3. The van der Waals surface area contributed by atoms with Crippen LogP contribution in [0.1, 0.15) is 10.4 Å². The maximum Gasteiger partial charge on any atom is 0.116 e. The Labute approximate surface area is 135 Å². The fourth-order valence-corrected chi connectivity index (χ4v) is 4.31. The Morgan fingerprint density at radius 3 is 2.68 bits per heavy atom. The Morgan fingerprint density at radius 2 is 1.86 bits per heavy atom. The van der Waals surface area contributed by atoms with Gasteiger partial charge < -0.3 is 10.2 Å². The zero-order valence-electron chi connectivity index (χ0n) is 13.2. The molecular weight excluding hydrogens is 292 g/mol. The van der Waals surface area contributed by atoms with Gasteiger partial charge in [-0.1, -0.05) is 12.1 Å². The van der Waals surface area contributed by atoms with E-state index in [1.807, 2.05) is 11.3 Å². The number of likely N-dealkylation sites (N-methyl/N-ethyl adjacent to an activating group) is 1. The van der Waals surface area contributed by atoms with E-state index in [0.29, 0.717) is 0 Å². The summed E-state index contributed by atoms with van der Waals surface area (Å²) in [5.41, 5.74) is 3.90. The van der Waals surface area contributed by atoms with Crippen molar-refractivity contribution in [1.29, 1.82) is 0 Å². The summed E-state index contributed by atoms with van der Waals surface area (Å²) in [6.45, 7) is 7.48. The molecule has 0 bridgehead atoms. The average molecular weight is 314 g/mol. The molecule has 0 atom stereocenters. The van der Waals surface area contributed by atoms with Crippen molar-refractivity contribution in [3.63, 3.8) is 0 Å². The number of thiophene rings is 1. The van der Waals surface area contributed by atoms with Crippen molar-refractivity contribution >= 4 is 27.7 Å². The van der Waals surface area contributed by atoms with Crippen LogP contribution in [0.4, 0.5) is 16.4 Å². The number of hydrazine groups is 1. The molecule has 0 amide bonds. The van der Waals surface area contributed by atoms with Gasteiger partial charge in [-0.15, -0.1) is 11.3 Å². The molecule has 0 saturated carbocycles. The van der Waals surface area contributed by atoms with Gasteiger partial charge in [-0.25, -0.2) is 5.01 Å². The molecule has 2 aliphatic rings. The van der Waals surface area contributed by atoms with E-state index in [4.69, 9.17) is 0 Å². The Morgan fingerprint density at radius 1 is 1.09 bits per heavy atom. The van der Waals surface area contributed by atoms with Crippen LogP contribution in [0.25, 0.3) is 0 Å². The third-order valence-electron chi connectivity index (χ3n) is 4.47. The SMILES string of the molecule is Cc1cc2c(s1)N(N1CCN(C)CC1)c1ccccc1NC2. The highest BCUT2D eigenvalue weighted by Crippen LogP contribution is 2.43. The molecule has 5 heteroatoms. The summed E-state index contributed by atoms with van der Waals surface area (Å²) in [6.07, 6.45) is 0. The van der Waals surface area contributed by atoms with Gasteiger partial charge in [-0.2, -0.15) is 0 Å². The fraction of sp³-hybridized carbons (Fsp3) is 0.412. The third-order valence-corrected chi connectivity index (χ3v) is 5.53. The lowest BCUT2D eigenvalue weighted by atomic mass is 10.2. The normalized spacial score (nSPS) is 19.3. The molecule has 2 aromatic rings. The fourth-order valence-electron chi connectivity index (χ4n) is 3.24. The standard InChI is InChI=1S/C17H22N4S/c1-13-11-14-12-18-15-5-3-4-6-16(15)21(17(14)22-13)20-9-7-19(2)8-10-20/h3-6,11,18H,7-10,12H2,1-2H3. The predicted octanol–water partition coefficient (Wildman–Crippen LogP) is 3.28. The van der Waals surface area contributed by atoms with Gasteiger partial charge in [0.25, 0.3) is 0 Å². The molecule has 22 heavy (non-hydrogen) atoms. The first-order valence-corrected chi connectivity index (χ1v) is 8.70. The van der Waals surface area contributed by atoms with E-state index in [1.54, 1.807) is 0 Å². The van der Waals surface area contributed by atoms with Crippen molar-refractivity contribution in [2.75, 3.05) is 43.6 Å². The summed E-state index contributed by atoms with van der Waals surface area (Å²) in [5, 5.41) is 9.93. The summed E-state index contributed by atoms with van der Waals surface area (Å²) < 4.78 is 0. The van der Waals surface area contributed by atoms with Crippen LogP contribution in [0.5, 0.6) is 0 Å². The molecule has 1 aromatic heterocycles. The molecule has 116 valence electrons. The maximum absolute atomic E-state index is 3.60. The molecule has 2 aliphatic heterocycles. The molecule has 1 aromatic carbocycles. The zero-order valence-corrected chi connectivity index (χ0v) is 14.0. The molecule has 1 saturated heterocycles. The zero-order chi connectivity index (χ0) is 15.1. The Hall–Kier alpha value is -1.56. The second-order valence-corrected chi connectivity index (χ2v) is 7.36. The molecule has 1 N–H and O–H groups in total. The highest BCUT2D eigenvalue weighted by molar-refractivity contribution is 7.16. The van der Waals surface area contributed by atoms with Crippen molar-refractivity contribution in [1.82, 2.24) is 9.91 Å². The van der Waals surface area contributed by atoms with E-state index in [2.05, 4.69) is 64.5 Å². The van der Waals surface area contributed by atoms with Crippen molar-refractivity contribution in [2.24, 2.45) is 0 Å². The summed E-state index contributed by atoms with van der Waals surface area (Å²) >= 11 is 1.90. The predicted molar refractivity (Wildman–Crippen MR) is 94.0 cm³/mol. The minimum Gasteiger partial charge on any atom is -0.379 e. The second-order valence-electron chi connectivity index (χ2n) is 6.13. The van der Waals surface area contributed by atoms with Crippen LogP contribution in [-0.2, 0) is 6.54 Å². The first-order valence-electron chi connectivity index (χ1n) is 7.88. The lowest BCUT2D eigenvalue weighted by Gasteiger charge is -2.40. The second kappa shape index (κ2) is 5.57. The smallest absolute Gasteiger partial charge is 0.116 e. The van der Waals surface area contributed by atoms with E-state index < -0.39 is 0 Å². The Bertz CT molecular complexity index is 673. The third kappa shape index (κ3) is 2.39.